The molecule has 0 saturated carbocycles. The molecular weight excluding hydrogens is 429 g/mol. The molecule has 6 heteroatoms. The average Bonchev–Trinajstić information content (AvgIpc) is 2.60. The van der Waals surface area contributed by atoms with Crippen LogP contribution in [0.1, 0.15) is 24.0 Å². The van der Waals surface area contributed by atoms with E-state index in [9.17, 15) is 9.59 Å². The van der Waals surface area contributed by atoms with E-state index >= 15 is 0 Å². The molecule has 2 aromatic carbocycles. The molecule has 0 aromatic heterocycles. The van der Waals surface area contributed by atoms with Crippen LogP contribution in [-0.2, 0) is 9.59 Å². The van der Waals surface area contributed by atoms with Gasteiger partial charge < -0.3 is 5.32 Å². The molecule has 0 radical (unpaired) electrons. The first-order valence-corrected chi connectivity index (χ1v) is 8.88. The lowest BCUT2D eigenvalue weighted by molar-refractivity contribution is -0.124. The van der Waals surface area contributed by atoms with Crippen molar-refractivity contribution in [2.45, 2.75) is 19.8 Å². The molecule has 0 aliphatic heterocycles. The summed E-state index contributed by atoms with van der Waals surface area (Å²) in [6.45, 7) is 5.88. The lowest BCUT2D eigenvalue weighted by atomic mass is 10.1. The maximum absolute atomic E-state index is 11.9. The predicted molar refractivity (Wildman–Crippen MR) is 109 cm³/mol. The van der Waals surface area contributed by atoms with Gasteiger partial charge in [0.25, 0.3) is 0 Å². The second kappa shape index (κ2) is 9.22. The smallest absolute Gasteiger partial charge is 0.238 e. The number of halogens is 1. The quantitative estimate of drug-likeness (QED) is 0.447. The number of carbonyl (C=O) groups excluding carboxylic acids is 2. The van der Waals surface area contributed by atoms with Crippen LogP contribution in [0.15, 0.2) is 55.1 Å². The predicted octanol–water partition coefficient (Wildman–Crippen LogP) is 3.61. The number of aryl methyl sites for hydroxylation is 1. The van der Waals surface area contributed by atoms with Gasteiger partial charge in [-0.05, 0) is 59.3 Å². The number of benzene rings is 2. The van der Waals surface area contributed by atoms with Crippen LogP contribution in [0.5, 0.6) is 0 Å². The number of hydrazine groups is 1. The molecule has 0 heterocycles. The minimum Gasteiger partial charge on any atom is -0.326 e. The van der Waals surface area contributed by atoms with Crippen molar-refractivity contribution in [1.82, 2.24) is 10.9 Å². The molecule has 0 spiro atoms. The van der Waals surface area contributed by atoms with Crippen molar-refractivity contribution in [3.8, 4) is 0 Å². The normalized spacial score (nSPS) is 10.0. The standard InChI is InChI=1S/C19H20IN3O2/c1-13-3-5-15(6-4-13)14(2)22-23-19(25)12-11-18(24)21-17-9-7-16(20)8-10-17/h3-10,22H,2,11-12H2,1H3,(H,21,24)(H,23,25). The summed E-state index contributed by atoms with van der Waals surface area (Å²) in [4.78, 5) is 23.7. The number of nitrogens with one attached hydrogen (secondary N) is 3. The van der Waals surface area contributed by atoms with Crippen molar-refractivity contribution in [2.24, 2.45) is 0 Å². The molecule has 0 unspecified atom stereocenters. The fourth-order valence-electron chi connectivity index (χ4n) is 2.02. The third-order valence-corrected chi connectivity index (χ3v) is 4.18. The van der Waals surface area contributed by atoms with Gasteiger partial charge in [-0.1, -0.05) is 36.4 Å². The van der Waals surface area contributed by atoms with Crippen LogP contribution in [0.25, 0.3) is 5.70 Å². The Labute approximate surface area is 161 Å². The van der Waals surface area contributed by atoms with Gasteiger partial charge in [0.1, 0.15) is 0 Å². The molecule has 2 rings (SSSR count). The summed E-state index contributed by atoms with van der Waals surface area (Å²) in [5, 5.41) is 2.76. The van der Waals surface area contributed by atoms with E-state index in [0.717, 1.165) is 20.4 Å². The summed E-state index contributed by atoms with van der Waals surface area (Å²) in [5.41, 5.74) is 8.68. The van der Waals surface area contributed by atoms with E-state index in [2.05, 4.69) is 45.3 Å². The number of rotatable bonds is 7. The van der Waals surface area contributed by atoms with Gasteiger partial charge in [0.2, 0.25) is 11.8 Å². The highest BCUT2D eigenvalue weighted by Gasteiger charge is 2.08. The van der Waals surface area contributed by atoms with Gasteiger partial charge in [-0.2, -0.15) is 0 Å². The first kappa shape index (κ1) is 19.0. The zero-order chi connectivity index (χ0) is 18.2. The summed E-state index contributed by atoms with van der Waals surface area (Å²) >= 11 is 2.20. The van der Waals surface area contributed by atoms with Crippen LogP contribution in [0, 0.1) is 10.5 Å². The van der Waals surface area contributed by atoms with E-state index in [4.69, 9.17) is 0 Å². The van der Waals surface area contributed by atoms with Crippen molar-refractivity contribution < 1.29 is 9.59 Å². The maximum atomic E-state index is 11.9. The maximum Gasteiger partial charge on any atom is 0.238 e. The van der Waals surface area contributed by atoms with Gasteiger partial charge in [0, 0.05) is 22.1 Å². The number of carbonyl (C=O) groups is 2. The van der Waals surface area contributed by atoms with Crippen molar-refractivity contribution in [3.05, 3.63) is 69.8 Å². The highest BCUT2D eigenvalue weighted by Crippen LogP contribution is 2.12. The SMILES string of the molecule is C=C(NNC(=O)CCC(=O)Nc1ccc(I)cc1)c1ccc(C)cc1. The summed E-state index contributed by atoms with van der Waals surface area (Å²) in [6, 6.07) is 15.3. The molecule has 25 heavy (non-hydrogen) atoms. The monoisotopic (exact) mass is 449 g/mol. The first-order valence-electron chi connectivity index (χ1n) is 7.80. The molecule has 130 valence electrons. The van der Waals surface area contributed by atoms with Crippen LogP contribution >= 0.6 is 22.6 Å². The lowest BCUT2D eigenvalue weighted by Gasteiger charge is -2.11. The second-order valence-corrected chi connectivity index (χ2v) is 6.82. The minimum absolute atomic E-state index is 0.0877. The van der Waals surface area contributed by atoms with Gasteiger partial charge in [-0.25, -0.2) is 0 Å². The Morgan fingerprint density at radius 3 is 2.16 bits per heavy atom. The van der Waals surface area contributed by atoms with Gasteiger partial charge >= 0.3 is 0 Å². The zero-order valence-electron chi connectivity index (χ0n) is 13.9. The van der Waals surface area contributed by atoms with Gasteiger partial charge in [-0.3, -0.25) is 20.4 Å². The number of hydrogen-bond donors (Lipinski definition) is 3. The van der Waals surface area contributed by atoms with Crippen molar-refractivity contribution in [1.29, 1.82) is 0 Å². The fourth-order valence-corrected chi connectivity index (χ4v) is 2.38. The zero-order valence-corrected chi connectivity index (χ0v) is 16.1. The van der Waals surface area contributed by atoms with E-state index in [1.165, 1.54) is 0 Å². The largest absolute Gasteiger partial charge is 0.326 e. The molecule has 0 saturated heterocycles. The van der Waals surface area contributed by atoms with Crippen molar-refractivity contribution in [2.75, 3.05) is 5.32 Å². The van der Waals surface area contributed by atoms with Crippen LogP contribution in [0.3, 0.4) is 0 Å². The Kier molecular flexibility index (Phi) is 7.00. The van der Waals surface area contributed by atoms with E-state index in [-0.39, 0.29) is 24.7 Å². The van der Waals surface area contributed by atoms with Crippen LogP contribution < -0.4 is 16.2 Å². The molecule has 2 aromatic rings. The molecule has 0 bridgehead atoms. The Morgan fingerprint density at radius 1 is 0.920 bits per heavy atom. The Bertz CT molecular complexity index is 755. The summed E-state index contributed by atoms with van der Waals surface area (Å²) in [7, 11) is 0. The molecule has 2 amide bonds. The van der Waals surface area contributed by atoms with E-state index in [0.29, 0.717) is 5.70 Å². The molecule has 0 fully saturated rings. The molecular formula is C19H20IN3O2. The second-order valence-electron chi connectivity index (χ2n) is 5.57. The minimum atomic E-state index is -0.272. The summed E-state index contributed by atoms with van der Waals surface area (Å²) < 4.78 is 1.09. The third-order valence-electron chi connectivity index (χ3n) is 3.46. The first-order chi connectivity index (χ1) is 11.9. The molecule has 5 nitrogen and oxygen atoms in total. The third kappa shape index (κ3) is 6.58. The van der Waals surface area contributed by atoms with Crippen molar-refractivity contribution in [3.63, 3.8) is 0 Å². The Morgan fingerprint density at radius 2 is 1.52 bits per heavy atom. The summed E-state index contributed by atoms with van der Waals surface area (Å²) in [5.74, 6) is -0.472. The fraction of sp³-hybridized carbons (Fsp3) is 0.158. The molecule has 0 aliphatic carbocycles. The topological polar surface area (TPSA) is 70.2 Å². The summed E-state index contributed by atoms with van der Waals surface area (Å²) in [6.07, 6.45) is 0.195. The van der Waals surface area contributed by atoms with E-state index < -0.39 is 0 Å². The van der Waals surface area contributed by atoms with E-state index in [1.54, 1.807) is 0 Å². The average molecular weight is 449 g/mol. The molecule has 0 aliphatic rings. The number of hydrogen-bond acceptors (Lipinski definition) is 3. The van der Waals surface area contributed by atoms with Gasteiger partial charge in [-0.15, -0.1) is 0 Å². The Hall–Kier alpha value is -2.35. The van der Waals surface area contributed by atoms with Crippen molar-refractivity contribution >= 4 is 45.8 Å². The van der Waals surface area contributed by atoms with Gasteiger partial charge in [0.05, 0.1) is 5.70 Å². The molecule has 0 atom stereocenters. The highest BCUT2D eigenvalue weighted by molar-refractivity contribution is 14.1. The number of amides is 2. The number of anilines is 1. The van der Waals surface area contributed by atoms with Crippen LogP contribution in [-0.4, -0.2) is 11.8 Å². The van der Waals surface area contributed by atoms with Crippen LogP contribution in [0.4, 0.5) is 5.69 Å². The highest BCUT2D eigenvalue weighted by atomic mass is 127. The lowest BCUT2D eigenvalue weighted by Crippen LogP contribution is -2.36. The van der Waals surface area contributed by atoms with Gasteiger partial charge in [0.15, 0.2) is 0 Å². The molecule has 3 N–H and O–H groups in total. The van der Waals surface area contributed by atoms with Crippen LogP contribution in [0.2, 0.25) is 0 Å². The van der Waals surface area contributed by atoms with E-state index in [1.807, 2.05) is 55.5 Å². The Balaban J connectivity index is 1.71.